The number of carbonyl (C=O) groups excluding carboxylic acids is 2. The van der Waals surface area contributed by atoms with Gasteiger partial charge in [0.2, 0.25) is 0 Å². The first-order chi connectivity index (χ1) is 12.1. The average Bonchev–Trinajstić information content (AvgIpc) is 3.19. The molecule has 2 aliphatic rings. The van der Waals surface area contributed by atoms with Crippen molar-refractivity contribution in [1.82, 2.24) is 15.6 Å². The normalized spacial score (nSPS) is 22.8. The van der Waals surface area contributed by atoms with Crippen molar-refractivity contribution in [2.75, 3.05) is 19.0 Å². The molecule has 2 heterocycles. The van der Waals surface area contributed by atoms with Gasteiger partial charge >= 0.3 is 6.03 Å². The Hall–Kier alpha value is -2.54. The maximum Gasteiger partial charge on any atom is 0.319 e. The minimum Gasteiger partial charge on any atom is -0.376 e. The van der Waals surface area contributed by atoms with Gasteiger partial charge in [0, 0.05) is 30.2 Å². The van der Waals surface area contributed by atoms with Crippen LogP contribution in [0.2, 0.25) is 0 Å². The van der Waals surface area contributed by atoms with Gasteiger partial charge in [0.25, 0.3) is 5.91 Å². The van der Waals surface area contributed by atoms with Crippen molar-refractivity contribution in [2.45, 2.75) is 31.4 Å². The molecule has 1 saturated heterocycles. The topological polar surface area (TPSA) is 95.2 Å². The molecule has 1 aromatic heterocycles. The smallest absolute Gasteiger partial charge is 0.319 e. The molecule has 1 aliphatic carbocycles. The zero-order valence-corrected chi connectivity index (χ0v) is 14.1. The Bertz CT molecular complexity index is 812. The van der Waals surface area contributed by atoms with E-state index in [4.69, 9.17) is 4.74 Å². The van der Waals surface area contributed by atoms with Gasteiger partial charge in [-0.3, -0.25) is 4.79 Å². The molecule has 25 heavy (non-hydrogen) atoms. The van der Waals surface area contributed by atoms with Gasteiger partial charge in [-0.15, -0.1) is 0 Å². The minimum absolute atomic E-state index is 0.0864. The molecule has 2 aromatic rings. The number of fused-ring (bicyclic) bond motifs is 1. The Kier molecular flexibility index (Phi) is 4.09. The fourth-order valence-electron chi connectivity index (χ4n) is 3.46. The minimum atomic E-state index is -0.220. The third kappa shape index (κ3) is 3.32. The van der Waals surface area contributed by atoms with Crippen LogP contribution in [0.15, 0.2) is 24.3 Å². The Morgan fingerprint density at radius 3 is 2.80 bits per heavy atom. The molecule has 0 radical (unpaired) electrons. The van der Waals surface area contributed by atoms with Crippen LogP contribution in [0.25, 0.3) is 10.9 Å². The molecule has 0 bridgehead atoms. The summed E-state index contributed by atoms with van der Waals surface area (Å²) in [6, 6.07) is 7.15. The molecule has 1 aromatic carbocycles. The Morgan fingerprint density at radius 1 is 1.20 bits per heavy atom. The van der Waals surface area contributed by atoms with Crippen molar-refractivity contribution in [3.05, 3.63) is 30.0 Å². The van der Waals surface area contributed by atoms with E-state index in [1.807, 2.05) is 18.2 Å². The molecule has 0 spiro atoms. The average molecular weight is 342 g/mol. The molecule has 4 N–H and O–H groups in total. The van der Waals surface area contributed by atoms with Crippen molar-refractivity contribution < 1.29 is 14.3 Å². The molecule has 4 rings (SSSR count). The number of benzene rings is 1. The third-order valence-electron chi connectivity index (χ3n) is 4.89. The van der Waals surface area contributed by atoms with Crippen LogP contribution < -0.4 is 16.0 Å². The predicted octanol–water partition coefficient (Wildman–Crippen LogP) is 2.22. The van der Waals surface area contributed by atoms with Gasteiger partial charge in [-0.1, -0.05) is 0 Å². The number of aromatic nitrogens is 1. The van der Waals surface area contributed by atoms with Crippen molar-refractivity contribution in [1.29, 1.82) is 0 Å². The number of aromatic amines is 1. The second kappa shape index (κ2) is 6.40. The number of rotatable bonds is 4. The Morgan fingerprint density at radius 2 is 2.04 bits per heavy atom. The molecule has 7 nitrogen and oxygen atoms in total. The number of hydrogen-bond acceptors (Lipinski definition) is 3. The lowest BCUT2D eigenvalue weighted by atomic mass is 10.1. The molecule has 2 atom stereocenters. The lowest BCUT2D eigenvalue weighted by molar-refractivity contribution is 0.0829. The number of ether oxygens (including phenoxy) is 1. The van der Waals surface area contributed by atoms with Gasteiger partial charge in [0.1, 0.15) is 5.69 Å². The van der Waals surface area contributed by atoms with Crippen molar-refractivity contribution >= 4 is 28.5 Å². The quantitative estimate of drug-likeness (QED) is 0.686. The number of H-pyrrole nitrogens is 1. The molecule has 2 fully saturated rings. The number of hydrogen-bond donors (Lipinski definition) is 4. The first kappa shape index (κ1) is 16.0. The summed E-state index contributed by atoms with van der Waals surface area (Å²) in [7, 11) is 1.59. The summed E-state index contributed by atoms with van der Waals surface area (Å²) >= 11 is 0. The second-order valence-electron chi connectivity index (χ2n) is 6.73. The summed E-state index contributed by atoms with van der Waals surface area (Å²) in [4.78, 5) is 27.1. The molecule has 7 heteroatoms. The fourth-order valence-corrected chi connectivity index (χ4v) is 3.46. The SMILES string of the molecule is CNC(=O)c1cc2cc(NC(=O)NC3CCOC3C3CC3)ccc2[nH]1. The molecule has 132 valence electrons. The van der Waals surface area contributed by atoms with E-state index in [0.717, 1.165) is 17.3 Å². The first-order valence-electron chi connectivity index (χ1n) is 8.68. The summed E-state index contributed by atoms with van der Waals surface area (Å²) in [6.07, 6.45) is 3.42. The van der Waals surface area contributed by atoms with Crippen LogP contribution >= 0.6 is 0 Å². The summed E-state index contributed by atoms with van der Waals surface area (Å²) in [5, 5.41) is 9.36. The van der Waals surface area contributed by atoms with Crippen LogP contribution in [-0.2, 0) is 4.74 Å². The van der Waals surface area contributed by atoms with E-state index in [0.29, 0.717) is 23.9 Å². The second-order valence-corrected chi connectivity index (χ2v) is 6.73. The van der Waals surface area contributed by atoms with Crippen molar-refractivity contribution in [3.8, 4) is 0 Å². The number of carbonyl (C=O) groups is 2. The first-order valence-corrected chi connectivity index (χ1v) is 8.68. The van der Waals surface area contributed by atoms with E-state index < -0.39 is 0 Å². The van der Waals surface area contributed by atoms with E-state index in [9.17, 15) is 9.59 Å². The summed E-state index contributed by atoms with van der Waals surface area (Å²) in [5.41, 5.74) is 2.03. The monoisotopic (exact) mass is 342 g/mol. The van der Waals surface area contributed by atoms with Crippen molar-refractivity contribution in [3.63, 3.8) is 0 Å². The van der Waals surface area contributed by atoms with E-state index in [1.54, 1.807) is 13.1 Å². The van der Waals surface area contributed by atoms with Gasteiger partial charge < -0.3 is 25.7 Å². The molecular formula is C18H22N4O3. The van der Waals surface area contributed by atoms with Gasteiger partial charge in [0.15, 0.2) is 0 Å². The molecule has 1 aliphatic heterocycles. The predicted molar refractivity (Wildman–Crippen MR) is 94.7 cm³/mol. The molecule has 2 unspecified atom stereocenters. The van der Waals surface area contributed by atoms with E-state index >= 15 is 0 Å². The molecular weight excluding hydrogens is 320 g/mol. The highest BCUT2D eigenvalue weighted by atomic mass is 16.5. The number of anilines is 1. The van der Waals surface area contributed by atoms with E-state index in [-0.39, 0.29) is 24.1 Å². The van der Waals surface area contributed by atoms with Gasteiger partial charge in [0.05, 0.1) is 12.1 Å². The highest BCUT2D eigenvalue weighted by molar-refractivity contribution is 5.99. The van der Waals surface area contributed by atoms with Crippen LogP contribution in [0, 0.1) is 5.92 Å². The number of amides is 3. The summed E-state index contributed by atoms with van der Waals surface area (Å²) in [6.45, 7) is 0.712. The number of urea groups is 1. The van der Waals surface area contributed by atoms with Crippen LogP contribution in [0.3, 0.4) is 0 Å². The fraction of sp³-hybridized carbons (Fsp3) is 0.444. The van der Waals surface area contributed by atoms with E-state index in [1.165, 1.54) is 12.8 Å². The highest BCUT2D eigenvalue weighted by Crippen LogP contribution is 2.38. The lowest BCUT2D eigenvalue weighted by Gasteiger charge is -2.19. The zero-order chi connectivity index (χ0) is 17.4. The lowest BCUT2D eigenvalue weighted by Crippen LogP contribution is -2.43. The van der Waals surface area contributed by atoms with E-state index in [2.05, 4.69) is 20.9 Å². The van der Waals surface area contributed by atoms with Gasteiger partial charge in [-0.05, 0) is 49.4 Å². The summed E-state index contributed by atoms with van der Waals surface area (Å²) < 4.78 is 5.75. The molecule has 3 amide bonds. The van der Waals surface area contributed by atoms with Crippen LogP contribution in [-0.4, -0.2) is 42.7 Å². The standard InChI is InChI=1S/C18H22N4O3/c1-19-17(23)15-9-11-8-12(4-5-13(11)21-15)20-18(24)22-14-6-7-25-16(14)10-2-3-10/h4-5,8-10,14,16,21H,2-3,6-7H2,1H3,(H,19,23)(H2,20,22,24). The third-order valence-corrected chi connectivity index (χ3v) is 4.89. The highest BCUT2D eigenvalue weighted by Gasteiger charge is 2.41. The van der Waals surface area contributed by atoms with Crippen LogP contribution in [0.4, 0.5) is 10.5 Å². The van der Waals surface area contributed by atoms with Crippen LogP contribution in [0.1, 0.15) is 29.8 Å². The number of nitrogens with one attached hydrogen (secondary N) is 4. The largest absolute Gasteiger partial charge is 0.376 e. The maximum absolute atomic E-state index is 12.3. The van der Waals surface area contributed by atoms with Gasteiger partial charge in [-0.25, -0.2) is 4.79 Å². The van der Waals surface area contributed by atoms with Crippen molar-refractivity contribution in [2.24, 2.45) is 5.92 Å². The molecule has 1 saturated carbocycles. The summed E-state index contributed by atoms with van der Waals surface area (Å²) in [5.74, 6) is 0.433. The Balaban J connectivity index is 1.42. The Labute approximate surface area is 145 Å². The van der Waals surface area contributed by atoms with Crippen LogP contribution in [0.5, 0.6) is 0 Å². The van der Waals surface area contributed by atoms with Gasteiger partial charge in [-0.2, -0.15) is 0 Å². The zero-order valence-electron chi connectivity index (χ0n) is 14.1. The maximum atomic E-state index is 12.3.